The van der Waals surface area contributed by atoms with Gasteiger partial charge in [0.25, 0.3) is 10.0 Å². The van der Waals surface area contributed by atoms with Crippen LogP contribution in [0.15, 0.2) is 47.4 Å². The quantitative estimate of drug-likeness (QED) is 0.816. The first-order valence-electron chi connectivity index (χ1n) is 8.28. The summed E-state index contributed by atoms with van der Waals surface area (Å²) in [7, 11) is -7.34. The van der Waals surface area contributed by atoms with Crippen LogP contribution in [0.2, 0.25) is 0 Å². The Morgan fingerprint density at radius 3 is 2.19 bits per heavy atom. The maximum atomic E-state index is 12.8. The van der Waals surface area contributed by atoms with Crippen molar-refractivity contribution in [2.75, 3.05) is 15.3 Å². The van der Waals surface area contributed by atoms with Crippen molar-refractivity contribution in [3.63, 3.8) is 0 Å². The van der Waals surface area contributed by atoms with Crippen LogP contribution in [0.4, 0.5) is 11.4 Å². The maximum absolute atomic E-state index is 12.8. The molecule has 1 N–H and O–H groups in total. The Balaban J connectivity index is 2.01. The van der Waals surface area contributed by atoms with E-state index in [1.54, 1.807) is 42.5 Å². The van der Waals surface area contributed by atoms with Crippen LogP contribution in [-0.2, 0) is 20.0 Å². The number of nitrogens with one attached hydrogen (secondary N) is 1. The zero-order valence-electron chi connectivity index (χ0n) is 14.9. The van der Waals surface area contributed by atoms with Gasteiger partial charge in [-0.15, -0.1) is 0 Å². The van der Waals surface area contributed by atoms with E-state index in [0.717, 1.165) is 30.2 Å². The van der Waals surface area contributed by atoms with E-state index in [0.29, 0.717) is 5.69 Å². The Bertz CT molecular complexity index is 1040. The smallest absolute Gasteiger partial charge is 0.261 e. The van der Waals surface area contributed by atoms with Gasteiger partial charge in [0.15, 0.2) is 0 Å². The molecule has 1 aliphatic rings. The third kappa shape index (κ3) is 3.86. The van der Waals surface area contributed by atoms with Crippen LogP contribution in [0.3, 0.4) is 0 Å². The van der Waals surface area contributed by atoms with Gasteiger partial charge in [0, 0.05) is 6.04 Å². The lowest BCUT2D eigenvalue weighted by atomic mass is 10.1. The number of sulfonamides is 2. The number of aryl methyl sites for hydroxylation is 2. The number of hydrogen-bond acceptors (Lipinski definition) is 4. The molecule has 2 aromatic carbocycles. The molecule has 140 valence electrons. The van der Waals surface area contributed by atoms with Crippen molar-refractivity contribution in [1.82, 2.24) is 0 Å². The van der Waals surface area contributed by atoms with Crippen molar-refractivity contribution in [1.29, 1.82) is 0 Å². The first-order valence-corrected chi connectivity index (χ1v) is 11.6. The van der Waals surface area contributed by atoms with Crippen LogP contribution >= 0.6 is 0 Å². The molecule has 1 aliphatic carbocycles. The number of rotatable bonds is 6. The lowest BCUT2D eigenvalue weighted by Crippen LogP contribution is -2.33. The molecule has 6 nitrogen and oxygen atoms in total. The average molecular weight is 395 g/mol. The third-order valence-corrected chi connectivity index (χ3v) is 6.98. The molecule has 8 heteroatoms. The summed E-state index contributed by atoms with van der Waals surface area (Å²) < 4.78 is 53.9. The standard InChI is InChI=1S/C18H22N2O4S2/c1-13-8-11-16(12-14(13)2)26(23,24)19-17-6-4-5-7-18(17)20(15-9-10-15)25(3,21)22/h4-8,11-12,15,19H,9-10H2,1-3H3. The van der Waals surface area contributed by atoms with Gasteiger partial charge in [0.1, 0.15) is 0 Å². The molecule has 0 amide bonds. The SMILES string of the molecule is Cc1ccc(S(=O)(=O)Nc2ccccc2N(C2CC2)S(C)(=O)=O)cc1C. The Morgan fingerprint density at radius 1 is 0.962 bits per heavy atom. The molecule has 0 unspecified atom stereocenters. The molecule has 0 radical (unpaired) electrons. The van der Waals surface area contributed by atoms with Crippen LogP contribution in [0, 0.1) is 13.8 Å². The first-order chi connectivity index (χ1) is 12.1. The van der Waals surface area contributed by atoms with E-state index < -0.39 is 20.0 Å². The van der Waals surface area contributed by atoms with Crippen molar-refractivity contribution >= 4 is 31.4 Å². The van der Waals surface area contributed by atoms with Gasteiger partial charge in [0.2, 0.25) is 10.0 Å². The second-order valence-electron chi connectivity index (χ2n) is 6.66. The minimum atomic E-state index is -3.83. The topological polar surface area (TPSA) is 83.6 Å². The molecule has 2 aromatic rings. The van der Waals surface area contributed by atoms with E-state index >= 15 is 0 Å². The lowest BCUT2D eigenvalue weighted by Gasteiger charge is -2.25. The molecular weight excluding hydrogens is 372 g/mol. The zero-order valence-corrected chi connectivity index (χ0v) is 16.6. The van der Waals surface area contributed by atoms with Crippen molar-refractivity contribution in [3.05, 3.63) is 53.6 Å². The van der Waals surface area contributed by atoms with Crippen molar-refractivity contribution < 1.29 is 16.8 Å². The van der Waals surface area contributed by atoms with E-state index in [1.807, 2.05) is 13.8 Å². The molecule has 0 aliphatic heterocycles. The molecule has 0 spiro atoms. The van der Waals surface area contributed by atoms with Crippen molar-refractivity contribution in [2.45, 2.75) is 37.6 Å². The zero-order chi connectivity index (χ0) is 19.1. The minimum Gasteiger partial charge on any atom is -0.277 e. The highest BCUT2D eigenvalue weighted by atomic mass is 32.2. The molecule has 3 rings (SSSR count). The van der Waals surface area contributed by atoms with E-state index in [1.165, 1.54) is 4.31 Å². The predicted octanol–water partition coefficient (Wildman–Crippen LogP) is 3.03. The molecule has 0 saturated heterocycles. The van der Waals surface area contributed by atoms with E-state index in [4.69, 9.17) is 0 Å². The summed E-state index contributed by atoms with van der Waals surface area (Å²) >= 11 is 0. The van der Waals surface area contributed by atoms with Gasteiger partial charge in [-0.25, -0.2) is 16.8 Å². The van der Waals surface area contributed by atoms with Crippen LogP contribution in [0.5, 0.6) is 0 Å². The summed E-state index contributed by atoms with van der Waals surface area (Å²) in [5.41, 5.74) is 2.48. The Hall–Kier alpha value is -2.06. The lowest BCUT2D eigenvalue weighted by molar-refractivity contribution is 0.595. The molecule has 0 heterocycles. The van der Waals surface area contributed by atoms with Crippen LogP contribution in [0.25, 0.3) is 0 Å². The Kier molecular flexibility index (Phi) is 4.74. The van der Waals surface area contributed by atoms with Crippen LogP contribution in [0.1, 0.15) is 24.0 Å². The third-order valence-electron chi connectivity index (χ3n) is 4.41. The van der Waals surface area contributed by atoms with Crippen molar-refractivity contribution in [2.24, 2.45) is 0 Å². The summed E-state index contributed by atoms with van der Waals surface area (Å²) in [6, 6.07) is 11.4. The van der Waals surface area contributed by atoms with Gasteiger partial charge in [-0.3, -0.25) is 9.03 Å². The largest absolute Gasteiger partial charge is 0.277 e. The van der Waals surface area contributed by atoms with E-state index in [2.05, 4.69) is 4.72 Å². The highest BCUT2D eigenvalue weighted by molar-refractivity contribution is 7.93. The first kappa shape index (κ1) is 18.7. The van der Waals surface area contributed by atoms with Crippen LogP contribution in [-0.4, -0.2) is 29.1 Å². The second-order valence-corrected chi connectivity index (χ2v) is 10.2. The highest BCUT2D eigenvalue weighted by Crippen LogP contribution is 2.38. The maximum Gasteiger partial charge on any atom is 0.261 e. The molecule has 26 heavy (non-hydrogen) atoms. The van der Waals surface area contributed by atoms with Gasteiger partial charge in [-0.1, -0.05) is 18.2 Å². The van der Waals surface area contributed by atoms with E-state index in [-0.39, 0.29) is 16.6 Å². The summed E-state index contributed by atoms with van der Waals surface area (Å²) in [5, 5.41) is 0. The number of benzene rings is 2. The van der Waals surface area contributed by atoms with Gasteiger partial charge in [0.05, 0.1) is 22.5 Å². The monoisotopic (exact) mass is 394 g/mol. The number of anilines is 2. The van der Waals surface area contributed by atoms with Gasteiger partial charge in [-0.2, -0.15) is 0 Å². The Morgan fingerprint density at radius 2 is 1.62 bits per heavy atom. The summed E-state index contributed by atoms with van der Waals surface area (Å²) in [4.78, 5) is 0.146. The summed E-state index contributed by atoms with van der Waals surface area (Å²) in [6.07, 6.45) is 2.68. The van der Waals surface area contributed by atoms with Crippen LogP contribution < -0.4 is 9.03 Å². The van der Waals surface area contributed by atoms with E-state index in [9.17, 15) is 16.8 Å². The van der Waals surface area contributed by atoms with Gasteiger partial charge >= 0.3 is 0 Å². The highest BCUT2D eigenvalue weighted by Gasteiger charge is 2.36. The minimum absolute atomic E-state index is 0.114. The Labute approximate surface area is 155 Å². The molecule has 0 aromatic heterocycles. The summed E-state index contributed by atoms with van der Waals surface area (Å²) in [5.74, 6) is 0. The number of hydrogen-bond donors (Lipinski definition) is 1. The van der Waals surface area contributed by atoms with Gasteiger partial charge < -0.3 is 0 Å². The molecule has 1 fully saturated rings. The fraction of sp³-hybridized carbons (Fsp3) is 0.333. The number of nitrogens with zero attached hydrogens (tertiary/aromatic N) is 1. The van der Waals surface area contributed by atoms with Gasteiger partial charge in [-0.05, 0) is 62.1 Å². The molecular formula is C18H22N2O4S2. The molecule has 0 atom stereocenters. The van der Waals surface area contributed by atoms with Crippen molar-refractivity contribution in [3.8, 4) is 0 Å². The fourth-order valence-electron chi connectivity index (χ4n) is 2.79. The average Bonchev–Trinajstić information content (AvgIpc) is 3.35. The normalized spacial score (nSPS) is 14.9. The summed E-state index contributed by atoms with van der Waals surface area (Å²) in [6.45, 7) is 3.76. The molecule has 1 saturated carbocycles. The fourth-order valence-corrected chi connectivity index (χ4v) is 5.22. The number of para-hydroxylation sites is 2. The predicted molar refractivity (Wildman–Crippen MR) is 104 cm³/mol. The molecule has 0 bridgehead atoms. The second kappa shape index (κ2) is 6.59.